The number of thiophene rings is 1. The Bertz CT molecular complexity index is 956. The van der Waals surface area contributed by atoms with E-state index in [-0.39, 0.29) is 29.8 Å². The van der Waals surface area contributed by atoms with E-state index in [4.69, 9.17) is 4.98 Å². The summed E-state index contributed by atoms with van der Waals surface area (Å²) < 4.78 is 0. The molecule has 2 aromatic heterocycles. The van der Waals surface area contributed by atoms with Crippen LogP contribution in [0.3, 0.4) is 0 Å². The van der Waals surface area contributed by atoms with Crippen molar-refractivity contribution in [2.24, 2.45) is 16.7 Å². The van der Waals surface area contributed by atoms with E-state index >= 15 is 0 Å². The summed E-state index contributed by atoms with van der Waals surface area (Å²) in [4.78, 5) is 21.1. The molecule has 1 fully saturated rings. The van der Waals surface area contributed by atoms with Crippen molar-refractivity contribution in [3.8, 4) is 10.6 Å². The molecule has 5 nitrogen and oxygen atoms in total. The van der Waals surface area contributed by atoms with E-state index in [1.165, 1.54) is 4.88 Å². The van der Waals surface area contributed by atoms with Crippen molar-refractivity contribution < 1.29 is 15.0 Å². The van der Waals surface area contributed by atoms with Crippen molar-refractivity contribution in [3.05, 3.63) is 40.1 Å². The zero-order valence-electron chi connectivity index (χ0n) is 18.5. The molecular formula is C24H32N2O3S2. The van der Waals surface area contributed by atoms with E-state index in [9.17, 15) is 15.0 Å². The van der Waals surface area contributed by atoms with Crippen LogP contribution in [0.25, 0.3) is 10.6 Å². The highest BCUT2D eigenvalue weighted by Crippen LogP contribution is 2.63. The quantitative estimate of drug-likeness (QED) is 0.630. The summed E-state index contributed by atoms with van der Waals surface area (Å²) in [6, 6.07) is 2.09. The standard InChI is InChI=1S/C24H32N2O3S2/c1-5-9-26(4)20(29)11-16-21-17(31-22(25-21)15-7-10-30-13-15)12-18-23(16,2)8-6-19(28)24(18,3)14-27/h5,7,10,13,16,18-19,27-28H,1,6,8-9,11-12,14H2,2-4H3. The second-order valence-corrected chi connectivity index (χ2v) is 11.5. The number of carbonyl (C=O) groups is 1. The lowest BCUT2D eigenvalue weighted by molar-refractivity contribution is -0.146. The third-order valence-electron chi connectivity index (χ3n) is 7.87. The van der Waals surface area contributed by atoms with Gasteiger partial charge in [0.15, 0.2) is 0 Å². The average Bonchev–Trinajstić information content (AvgIpc) is 3.42. The van der Waals surface area contributed by atoms with Gasteiger partial charge in [0.2, 0.25) is 5.91 Å². The Kier molecular flexibility index (Phi) is 6.16. The molecule has 1 amide bonds. The Morgan fingerprint density at radius 1 is 1.45 bits per heavy atom. The van der Waals surface area contributed by atoms with Crippen LogP contribution in [-0.4, -0.2) is 52.3 Å². The largest absolute Gasteiger partial charge is 0.396 e. The number of hydrogen-bond donors (Lipinski definition) is 2. The van der Waals surface area contributed by atoms with E-state index < -0.39 is 11.5 Å². The minimum Gasteiger partial charge on any atom is -0.396 e. The number of hydrogen-bond acceptors (Lipinski definition) is 6. The van der Waals surface area contributed by atoms with Crippen LogP contribution in [0, 0.1) is 16.7 Å². The molecule has 0 spiro atoms. The molecule has 31 heavy (non-hydrogen) atoms. The molecule has 5 unspecified atom stereocenters. The first-order chi connectivity index (χ1) is 14.7. The lowest BCUT2D eigenvalue weighted by Gasteiger charge is -2.58. The Morgan fingerprint density at radius 2 is 2.23 bits per heavy atom. The van der Waals surface area contributed by atoms with Crippen molar-refractivity contribution in [2.75, 3.05) is 20.2 Å². The van der Waals surface area contributed by atoms with Gasteiger partial charge in [-0.15, -0.1) is 17.9 Å². The highest BCUT2D eigenvalue weighted by atomic mass is 32.1. The van der Waals surface area contributed by atoms with Gasteiger partial charge in [-0.25, -0.2) is 4.98 Å². The van der Waals surface area contributed by atoms with Crippen LogP contribution in [0.1, 0.15) is 49.6 Å². The molecule has 1 saturated carbocycles. The zero-order chi connectivity index (χ0) is 22.4. The van der Waals surface area contributed by atoms with Gasteiger partial charge < -0.3 is 15.1 Å². The van der Waals surface area contributed by atoms with Crippen LogP contribution >= 0.6 is 22.7 Å². The van der Waals surface area contributed by atoms with Crippen LogP contribution in [0.4, 0.5) is 0 Å². The van der Waals surface area contributed by atoms with Crippen LogP contribution in [0.2, 0.25) is 0 Å². The summed E-state index contributed by atoms with van der Waals surface area (Å²) in [6.07, 6.45) is 3.83. The number of nitrogens with zero attached hydrogens (tertiary/aromatic N) is 2. The number of thiazole rings is 1. The van der Waals surface area contributed by atoms with E-state index in [0.717, 1.165) is 29.1 Å². The number of amides is 1. The first-order valence-corrected chi connectivity index (χ1v) is 12.7. The summed E-state index contributed by atoms with van der Waals surface area (Å²) in [6.45, 7) is 8.47. The average molecular weight is 461 g/mol. The molecule has 2 aliphatic rings. The maximum Gasteiger partial charge on any atom is 0.223 e. The van der Waals surface area contributed by atoms with Gasteiger partial charge in [0, 0.05) is 47.2 Å². The first-order valence-electron chi connectivity index (χ1n) is 10.9. The van der Waals surface area contributed by atoms with Gasteiger partial charge in [-0.1, -0.05) is 19.9 Å². The Morgan fingerprint density at radius 3 is 2.87 bits per heavy atom. The maximum absolute atomic E-state index is 13.1. The normalized spacial score (nSPS) is 32.2. The first kappa shape index (κ1) is 22.6. The van der Waals surface area contributed by atoms with Crippen molar-refractivity contribution in [3.63, 3.8) is 0 Å². The number of fused-ring (bicyclic) bond motifs is 2. The Hall–Kier alpha value is -1.54. The topological polar surface area (TPSA) is 73.7 Å². The molecule has 0 bridgehead atoms. The number of aliphatic hydroxyl groups excluding tert-OH is 2. The van der Waals surface area contributed by atoms with Crippen molar-refractivity contribution >= 4 is 28.6 Å². The lowest BCUT2D eigenvalue weighted by Crippen LogP contribution is -2.57. The minimum absolute atomic E-state index is 0.0389. The molecule has 0 saturated heterocycles. The second kappa shape index (κ2) is 8.43. The van der Waals surface area contributed by atoms with E-state index in [0.29, 0.717) is 19.4 Å². The summed E-state index contributed by atoms with van der Waals surface area (Å²) in [5.74, 6) is 0.127. The van der Waals surface area contributed by atoms with Gasteiger partial charge in [-0.2, -0.15) is 11.3 Å². The van der Waals surface area contributed by atoms with Crippen LogP contribution in [-0.2, 0) is 11.2 Å². The summed E-state index contributed by atoms with van der Waals surface area (Å²) in [5.41, 5.74) is 1.36. The van der Waals surface area contributed by atoms with Crippen LogP contribution < -0.4 is 0 Å². The third kappa shape index (κ3) is 3.69. The molecule has 5 atom stereocenters. The molecule has 2 aliphatic carbocycles. The van der Waals surface area contributed by atoms with Gasteiger partial charge in [0.25, 0.3) is 0 Å². The number of likely N-dealkylation sites (N-methyl/N-ethyl adjacent to an activating group) is 1. The molecule has 0 radical (unpaired) electrons. The van der Waals surface area contributed by atoms with Gasteiger partial charge in [-0.05, 0) is 42.0 Å². The molecule has 4 rings (SSSR count). The summed E-state index contributed by atoms with van der Waals surface area (Å²) in [5, 5.41) is 26.4. The predicted octanol–water partition coefficient (Wildman–Crippen LogP) is 4.32. The number of carbonyl (C=O) groups excluding carboxylic acids is 1. The predicted molar refractivity (Wildman–Crippen MR) is 126 cm³/mol. The fourth-order valence-corrected chi connectivity index (χ4v) is 7.66. The summed E-state index contributed by atoms with van der Waals surface area (Å²) in [7, 11) is 1.81. The van der Waals surface area contributed by atoms with Crippen LogP contribution in [0.5, 0.6) is 0 Å². The molecule has 0 aliphatic heterocycles. The summed E-state index contributed by atoms with van der Waals surface area (Å²) >= 11 is 3.36. The Labute approximate surface area is 192 Å². The fourth-order valence-electron chi connectivity index (χ4n) is 5.78. The van der Waals surface area contributed by atoms with E-state index in [1.54, 1.807) is 33.6 Å². The number of rotatable bonds is 6. The molecule has 2 aromatic rings. The van der Waals surface area contributed by atoms with Crippen molar-refractivity contribution in [1.82, 2.24) is 9.88 Å². The van der Waals surface area contributed by atoms with E-state index in [2.05, 4.69) is 30.3 Å². The zero-order valence-corrected chi connectivity index (χ0v) is 20.1. The smallest absolute Gasteiger partial charge is 0.223 e. The minimum atomic E-state index is -0.592. The van der Waals surface area contributed by atoms with Gasteiger partial charge in [-0.3, -0.25) is 4.79 Å². The monoisotopic (exact) mass is 460 g/mol. The van der Waals surface area contributed by atoms with Gasteiger partial charge in [0.1, 0.15) is 5.01 Å². The van der Waals surface area contributed by atoms with Gasteiger partial charge >= 0.3 is 0 Å². The van der Waals surface area contributed by atoms with Gasteiger partial charge in [0.05, 0.1) is 18.4 Å². The van der Waals surface area contributed by atoms with Crippen molar-refractivity contribution in [1.29, 1.82) is 0 Å². The number of aromatic nitrogens is 1. The lowest BCUT2D eigenvalue weighted by atomic mass is 9.47. The molecule has 168 valence electrons. The third-order valence-corrected chi connectivity index (χ3v) is 9.70. The highest BCUT2D eigenvalue weighted by molar-refractivity contribution is 7.15. The van der Waals surface area contributed by atoms with E-state index in [1.807, 2.05) is 14.0 Å². The molecule has 0 aromatic carbocycles. The van der Waals surface area contributed by atoms with Crippen molar-refractivity contribution in [2.45, 2.75) is 51.6 Å². The molecule has 2 heterocycles. The Balaban J connectivity index is 1.80. The molecular weight excluding hydrogens is 428 g/mol. The fraction of sp³-hybridized carbons (Fsp3) is 0.583. The number of aliphatic hydroxyl groups is 2. The van der Waals surface area contributed by atoms with Crippen LogP contribution in [0.15, 0.2) is 29.5 Å². The maximum atomic E-state index is 13.1. The second-order valence-electron chi connectivity index (χ2n) is 9.64. The molecule has 2 N–H and O–H groups in total. The SMILES string of the molecule is C=CCN(C)C(=O)CC1c2nc(-c3ccsc3)sc2CC2C(C)(CO)C(O)CCC12C. The highest BCUT2D eigenvalue weighted by Gasteiger charge is 2.59. The molecule has 7 heteroatoms.